The van der Waals surface area contributed by atoms with Crippen molar-refractivity contribution in [3.63, 3.8) is 0 Å². The highest BCUT2D eigenvalue weighted by Crippen LogP contribution is 2.40. The van der Waals surface area contributed by atoms with Gasteiger partial charge in [0.2, 0.25) is 0 Å². The Morgan fingerprint density at radius 2 is 1.73 bits per heavy atom. The Morgan fingerprint density at radius 3 is 2.39 bits per heavy atom. The molecule has 71 heavy (non-hydrogen) atoms. The maximum Gasteiger partial charge on any atom is 0.343 e. The van der Waals surface area contributed by atoms with Gasteiger partial charge in [-0.05, 0) is 105 Å². The maximum atomic E-state index is 13.7. The van der Waals surface area contributed by atoms with E-state index in [9.17, 15) is 24.8 Å². The van der Waals surface area contributed by atoms with Crippen LogP contribution in [-0.4, -0.2) is 130 Å². The maximum absolute atomic E-state index is 13.7. The van der Waals surface area contributed by atoms with E-state index in [4.69, 9.17) is 36.0 Å². The molecule has 1 atom stereocenters. The number of pyridine rings is 2. The zero-order valence-electron chi connectivity index (χ0n) is 40.3. The number of benzene rings is 2. The average molecular weight is 988 g/mol. The number of piperazine rings is 1. The third-order valence-corrected chi connectivity index (χ3v) is 15.5. The van der Waals surface area contributed by atoms with Crippen LogP contribution in [0, 0.1) is 17.2 Å². The first-order chi connectivity index (χ1) is 34.3. The molecule has 3 N–H and O–H groups in total. The zero-order valence-corrected chi connectivity index (χ0v) is 41.0. The molecule has 2 saturated heterocycles. The minimum atomic E-state index is -1.87. The Labute approximate surface area is 416 Å². The van der Waals surface area contributed by atoms with Crippen LogP contribution in [-0.2, 0) is 39.6 Å². The zero-order chi connectivity index (χ0) is 50.0. The largest absolute Gasteiger partial charge is 0.496 e. The third kappa shape index (κ3) is 9.88. The number of nitrogens with zero attached hydrogens (tertiary/aromatic N) is 9. The fourth-order valence-electron chi connectivity index (χ4n) is 11.0. The highest BCUT2D eigenvalue weighted by Gasteiger charge is 2.45. The molecular formula is C52H59ClN10O8. The quantitative estimate of drug-likeness (QED) is 0.111. The van der Waals surface area contributed by atoms with E-state index in [1.165, 1.54) is 0 Å². The van der Waals surface area contributed by atoms with Gasteiger partial charge in [-0.25, -0.2) is 9.78 Å². The molecule has 18 nitrogen and oxygen atoms in total. The highest BCUT2D eigenvalue weighted by atomic mass is 35.5. The van der Waals surface area contributed by atoms with E-state index in [0.29, 0.717) is 63.8 Å². The van der Waals surface area contributed by atoms with Crippen molar-refractivity contribution in [2.45, 2.75) is 89.3 Å². The standard InChI is InChI=1S/C51H57ClN10O6.CH2O2/c1-4-51(66)40-25-44-47-33(28-62(44)49(64)39(40)30-68-50(51)65)23-37-38(45(67-3)13-11-42(37)55-47)29-60-21-19-59(20-22-60)27-31-15-17-61(18-16-31)46-14-12-43(56-57-46)48(63)54-34-6-9-35(10-7-34)58(2)36-8-5-32(26-53)41(52)24-36;2-1-3/h5,8,11-14,23-25,31,34-35,66H,4,6-7,9-10,15-22,27-30H2,1-3H3,(H,54,63);1H,(H,2,3)/t34?,35?,51-;/m0./s1. The second-order valence-corrected chi connectivity index (χ2v) is 19.6. The van der Waals surface area contributed by atoms with Crippen molar-refractivity contribution >= 4 is 52.4 Å². The second kappa shape index (κ2) is 21.0. The number of rotatable bonds is 11. The van der Waals surface area contributed by atoms with E-state index in [1.54, 1.807) is 36.8 Å². The Balaban J connectivity index is 0.00000203. The molecule has 1 aliphatic carbocycles. The molecule has 1 amide bonds. The molecule has 372 valence electrons. The molecular weight excluding hydrogens is 928 g/mol. The van der Waals surface area contributed by atoms with Crippen molar-refractivity contribution in [3.8, 4) is 23.2 Å². The van der Waals surface area contributed by atoms with Crippen molar-refractivity contribution in [3.05, 3.63) is 103 Å². The summed E-state index contributed by atoms with van der Waals surface area (Å²) in [7, 11) is 3.75. The fraction of sp³-hybridized carbons (Fsp3) is 0.462. The first kappa shape index (κ1) is 49.3. The Morgan fingerprint density at radius 1 is 1.00 bits per heavy atom. The molecule has 0 unspecified atom stereocenters. The average Bonchev–Trinajstić information content (AvgIpc) is 3.75. The summed E-state index contributed by atoms with van der Waals surface area (Å²) in [5.74, 6) is 1.27. The summed E-state index contributed by atoms with van der Waals surface area (Å²) in [5, 5.41) is 40.8. The van der Waals surface area contributed by atoms with Crippen molar-refractivity contribution < 1.29 is 34.1 Å². The van der Waals surface area contributed by atoms with Gasteiger partial charge in [0.25, 0.3) is 17.9 Å². The predicted octanol–water partition coefficient (Wildman–Crippen LogP) is 5.32. The molecule has 4 aliphatic heterocycles. The van der Waals surface area contributed by atoms with Crippen LogP contribution in [0.2, 0.25) is 5.02 Å². The first-order valence-corrected chi connectivity index (χ1v) is 24.7. The van der Waals surface area contributed by atoms with Gasteiger partial charge in [-0.1, -0.05) is 18.5 Å². The lowest BCUT2D eigenvalue weighted by Crippen LogP contribution is -2.48. The number of nitriles is 1. The molecule has 5 aliphatic rings. The van der Waals surface area contributed by atoms with Gasteiger partial charge >= 0.3 is 5.97 Å². The van der Waals surface area contributed by atoms with E-state index in [0.717, 1.165) is 124 Å². The number of aromatic nitrogens is 4. The van der Waals surface area contributed by atoms with Crippen LogP contribution in [0.5, 0.6) is 5.75 Å². The Kier molecular flexibility index (Phi) is 14.6. The van der Waals surface area contributed by atoms with E-state index in [-0.39, 0.29) is 37.0 Å². The van der Waals surface area contributed by atoms with E-state index >= 15 is 0 Å². The van der Waals surface area contributed by atoms with E-state index in [2.05, 4.69) is 54.3 Å². The summed E-state index contributed by atoms with van der Waals surface area (Å²) in [4.78, 5) is 62.6. The van der Waals surface area contributed by atoms with Gasteiger partial charge in [-0.15, -0.1) is 10.2 Å². The van der Waals surface area contributed by atoms with Crippen LogP contribution in [0.4, 0.5) is 11.5 Å². The van der Waals surface area contributed by atoms with Crippen LogP contribution in [0.3, 0.4) is 0 Å². The van der Waals surface area contributed by atoms with Gasteiger partial charge < -0.3 is 44.3 Å². The van der Waals surface area contributed by atoms with Crippen molar-refractivity contribution in [2.24, 2.45) is 5.92 Å². The van der Waals surface area contributed by atoms with E-state index in [1.807, 2.05) is 30.3 Å². The van der Waals surface area contributed by atoms with Gasteiger partial charge in [0, 0.05) is 99.3 Å². The highest BCUT2D eigenvalue weighted by molar-refractivity contribution is 6.32. The number of cyclic esters (lactones) is 1. The van der Waals surface area contributed by atoms with Crippen molar-refractivity contribution in [1.82, 2.24) is 34.9 Å². The lowest BCUT2D eigenvalue weighted by molar-refractivity contribution is -0.172. The molecule has 3 aromatic heterocycles. The number of hydrogen-bond acceptors (Lipinski definition) is 15. The van der Waals surface area contributed by atoms with Crippen molar-refractivity contribution in [1.29, 1.82) is 5.26 Å². The molecule has 10 rings (SSSR count). The molecule has 3 fully saturated rings. The number of amides is 1. The number of carbonyl (C=O) groups is 3. The number of ether oxygens (including phenoxy) is 2. The summed E-state index contributed by atoms with van der Waals surface area (Å²) in [6, 6.07) is 19.5. The minimum absolute atomic E-state index is 0.0760. The monoisotopic (exact) mass is 986 g/mol. The molecule has 5 aromatic rings. The molecule has 1 saturated carbocycles. The lowest BCUT2D eigenvalue weighted by Gasteiger charge is -2.39. The predicted molar refractivity (Wildman–Crippen MR) is 267 cm³/mol. The van der Waals surface area contributed by atoms with Crippen LogP contribution < -0.4 is 25.4 Å². The normalized spacial score (nSPS) is 21.2. The number of methoxy groups -OCH3 is 1. The van der Waals surface area contributed by atoms with Crippen LogP contribution in [0.1, 0.15) is 90.2 Å². The van der Waals surface area contributed by atoms with Gasteiger partial charge in [-0.3, -0.25) is 19.3 Å². The van der Waals surface area contributed by atoms with Gasteiger partial charge in [-0.2, -0.15) is 5.26 Å². The third-order valence-electron chi connectivity index (χ3n) is 15.2. The van der Waals surface area contributed by atoms with Crippen LogP contribution in [0.15, 0.2) is 59.4 Å². The number of hydrogen-bond donors (Lipinski definition) is 3. The number of halogens is 1. The number of fused-ring (bicyclic) bond motifs is 5. The molecule has 7 heterocycles. The molecule has 2 aromatic carbocycles. The number of nitrogens with one attached hydrogen (secondary N) is 1. The fourth-order valence-corrected chi connectivity index (χ4v) is 11.2. The summed E-state index contributed by atoms with van der Waals surface area (Å²) < 4.78 is 12.8. The Hall–Kier alpha value is -6.65. The van der Waals surface area contributed by atoms with Gasteiger partial charge in [0.15, 0.2) is 17.1 Å². The number of aliphatic hydroxyl groups is 1. The number of anilines is 2. The summed E-state index contributed by atoms with van der Waals surface area (Å²) >= 11 is 6.29. The number of esters is 1. The number of carboxylic acid groups (broad SMARTS) is 1. The lowest BCUT2D eigenvalue weighted by atomic mass is 9.86. The van der Waals surface area contributed by atoms with Crippen LogP contribution in [0.25, 0.3) is 22.3 Å². The first-order valence-electron chi connectivity index (χ1n) is 24.4. The van der Waals surface area contributed by atoms with Gasteiger partial charge in [0.05, 0.1) is 46.7 Å². The molecule has 19 heteroatoms. The summed E-state index contributed by atoms with van der Waals surface area (Å²) in [6.07, 6.45) is 5.81. The topological polar surface area (TPSA) is 220 Å². The molecule has 0 radical (unpaired) electrons. The molecule has 0 spiro atoms. The van der Waals surface area contributed by atoms with Crippen LogP contribution >= 0.6 is 11.6 Å². The van der Waals surface area contributed by atoms with Gasteiger partial charge in [0.1, 0.15) is 18.4 Å². The molecule has 0 bridgehead atoms. The van der Waals surface area contributed by atoms with Crippen molar-refractivity contribution in [2.75, 3.05) is 69.8 Å². The summed E-state index contributed by atoms with van der Waals surface area (Å²) in [6.45, 7) is 8.99. The number of piperidine rings is 1. The SMILES string of the molecule is CC[C@@]1(O)C(=O)OCc2c1cc1n(c2=O)Cc2cc3c(CN4CCN(CC5CCN(c6ccc(C(=O)NC7CCC(N(C)c8ccc(C#N)c(Cl)c8)CC7)nn6)CC5)CC4)c(OC)ccc3nc2-1.O=CO. The second-order valence-electron chi connectivity index (χ2n) is 19.2. The van der Waals surface area contributed by atoms with E-state index < -0.39 is 11.6 Å². The minimum Gasteiger partial charge on any atom is -0.496 e. The Bertz CT molecular complexity index is 2920. The number of carbonyl (C=O) groups excluding carboxylic acids is 2. The summed E-state index contributed by atoms with van der Waals surface area (Å²) in [5.41, 5.74) is 4.31. The smallest absolute Gasteiger partial charge is 0.343 e.